The number of amides is 1. The quantitative estimate of drug-likeness (QED) is 0.688. The minimum atomic E-state index is -0.329. The molecule has 0 bridgehead atoms. The molecule has 4 nitrogen and oxygen atoms in total. The first-order valence-electron chi connectivity index (χ1n) is 8.33. The van der Waals surface area contributed by atoms with E-state index in [4.69, 9.17) is 0 Å². The van der Waals surface area contributed by atoms with E-state index >= 15 is 0 Å². The van der Waals surface area contributed by atoms with Gasteiger partial charge in [0.05, 0.1) is 12.1 Å². The summed E-state index contributed by atoms with van der Waals surface area (Å²) >= 11 is 0. The Bertz CT molecular complexity index is 355. The van der Waals surface area contributed by atoms with Gasteiger partial charge in [0.1, 0.15) is 0 Å². The molecule has 3 N–H and O–H groups in total. The zero-order valence-corrected chi connectivity index (χ0v) is 12.4. The first-order chi connectivity index (χ1) is 9.70. The van der Waals surface area contributed by atoms with Gasteiger partial charge in [-0.3, -0.25) is 4.79 Å². The predicted molar refractivity (Wildman–Crippen MR) is 78.3 cm³/mol. The van der Waals surface area contributed by atoms with Crippen LogP contribution in [-0.2, 0) is 4.79 Å². The van der Waals surface area contributed by atoms with Crippen LogP contribution in [0.1, 0.15) is 57.8 Å². The Morgan fingerprint density at radius 2 is 1.75 bits per heavy atom. The first-order valence-corrected chi connectivity index (χ1v) is 8.33. The summed E-state index contributed by atoms with van der Waals surface area (Å²) in [5, 5.41) is 16.4. The maximum absolute atomic E-state index is 12.6. The van der Waals surface area contributed by atoms with E-state index in [9.17, 15) is 9.90 Å². The fraction of sp³-hybridized carbons (Fsp3) is 0.938. The van der Waals surface area contributed by atoms with Crippen LogP contribution in [0.5, 0.6) is 0 Å². The molecule has 1 saturated heterocycles. The number of hydrogen-bond donors (Lipinski definition) is 3. The van der Waals surface area contributed by atoms with Crippen LogP contribution in [0.2, 0.25) is 0 Å². The van der Waals surface area contributed by atoms with Crippen molar-refractivity contribution in [1.82, 2.24) is 10.6 Å². The number of carbonyl (C=O) groups is 1. The average Bonchev–Trinajstić information content (AvgIpc) is 3.20. The smallest absolute Gasteiger partial charge is 0.224 e. The molecule has 2 aliphatic carbocycles. The van der Waals surface area contributed by atoms with Crippen LogP contribution >= 0.6 is 0 Å². The lowest BCUT2D eigenvalue weighted by Gasteiger charge is -2.33. The number of hydrogen-bond acceptors (Lipinski definition) is 3. The lowest BCUT2D eigenvalue weighted by atomic mass is 9.89. The summed E-state index contributed by atoms with van der Waals surface area (Å²) in [6.45, 7) is 2.20. The summed E-state index contributed by atoms with van der Waals surface area (Å²) in [5.41, 5.74) is -0.0407. The van der Waals surface area contributed by atoms with Crippen LogP contribution in [0.25, 0.3) is 0 Å². The van der Waals surface area contributed by atoms with Gasteiger partial charge in [-0.05, 0) is 50.6 Å². The van der Waals surface area contributed by atoms with Gasteiger partial charge in [0.15, 0.2) is 0 Å². The Kier molecular flexibility index (Phi) is 4.04. The molecule has 3 rings (SSSR count). The highest BCUT2D eigenvalue weighted by Crippen LogP contribution is 2.58. The molecule has 1 amide bonds. The van der Waals surface area contributed by atoms with Gasteiger partial charge in [0.25, 0.3) is 0 Å². The van der Waals surface area contributed by atoms with E-state index < -0.39 is 0 Å². The van der Waals surface area contributed by atoms with Gasteiger partial charge < -0.3 is 15.7 Å². The molecule has 1 heterocycles. The third-order valence-corrected chi connectivity index (χ3v) is 5.86. The van der Waals surface area contributed by atoms with Crippen molar-refractivity contribution in [3.63, 3.8) is 0 Å². The van der Waals surface area contributed by atoms with Gasteiger partial charge in [-0.1, -0.05) is 25.7 Å². The molecule has 0 aromatic heterocycles. The highest BCUT2D eigenvalue weighted by Gasteiger charge is 2.58. The molecule has 4 heteroatoms. The van der Waals surface area contributed by atoms with Crippen molar-refractivity contribution in [2.45, 2.75) is 63.3 Å². The second-order valence-corrected chi connectivity index (χ2v) is 7.21. The zero-order valence-electron chi connectivity index (χ0n) is 12.4. The second-order valence-electron chi connectivity index (χ2n) is 7.21. The van der Waals surface area contributed by atoms with E-state index in [0.29, 0.717) is 0 Å². The van der Waals surface area contributed by atoms with E-state index in [2.05, 4.69) is 10.6 Å². The summed E-state index contributed by atoms with van der Waals surface area (Å²) < 4.78 is 0. The molecule has 1 unspecified atom stereocenters. The number of carbonyl (C=O) groups excluding carboxylic acids is 1. The van der Waals surface area contributed by atoms with Crippen LogP contribution in [0, 0.1) is 11.3 Å². The van der Waals surface area contributed by atoms with Gasteiger partial charge in [-0.25, -0.2) is 0 Å². The maximum atomic E-state index is 12.6. The van der Waals surface area contributed by atoms with E-state index in [1.807, 2.05) is 0 Å². The number of piperidine rings is 1. The van der Waals surface area contributed by atoms with E-state index in [1.54, 1.807) is 0 Å². The summed E-state index contributed by atoms with van der Waals surface area (Å²) in [7, 11) is 0. The normalized spacial score (nSPS) is 31.6. The molecule has 3 aliphatic rings. The van der Waals surface area contributed by atoms with Crippen molar-refractivity contribution in [2.75, 3.05) is 19.7 Å². The largest absolute Gasteiger partial charge is 0.394 e. The van der Waals surface area contributed by atoms with Gasteiger partial charge in [-0.2, -0.15) is 0 Å². The molecule has 1 aliphatic heterocycles. The van der Waals surface area contributed by atoms with E-state index in [0.717, 1.165) is 58.0 Å². The van der Waals surface area contributed by atoms with Gasteiger partial charge >= 0.3 is 0 Å². The molecule has 1 atom stereocenters. The highest BCUT2D eigenvalue weighted by molar-refractivity contribution is 5.83. The SMILES string of the molecule is O=C(NC1(CO)CCCCCC1)C1CC12CCNCC2. The summed E-state index contributed by atoms with van der Waals surface area (Å²) in [6.07, 6.45) is 9.93. The van der Waals surface area contributed by atoms with E-state index in [1.165, 1.54) is 12.8 Å². The molecular formula is C16H28N2O2. The van der Waals surface area contributed by atoms with Crippen LogP contribution in [0.4, 0.5) is 0 Å². The Morgan fingerprint density at radius 1 is 1.10 bits per heavy atom. The third kappa shape index (κ3) is 2.73. The van der Waals surface area contributed by atoms with Crippen LogP contribution < -0.4 is 10.6 Å². The predicted octanol–water partition coefficient (Wildman–Crippen LogP) is 1.58. The summed E-state index contributed by atoms with van der Waals surface area (Å²) in [5.74, 6) is 0.416. The molecule has 0 aromatic rings. The van der Waals surface area contributed by atoms with Crippen molar-refractivity contribution in [3.05, 3.63) is 0 Å². The number of aliphatic hydroxyl groups is 1. The van der Waals surface area contributed by atoms with Crippen molar-refractivity contribution < 1.29 is 9.90 Å². The standard InChI is InChI=1S/C16H28N2O2/c19-12-16(5-3-1-2-4-6-16)18-14(20)13-11-15(13)7-9-17-10-8-15/h13,17,19H,1-12H2,(H,18,20). The summed E-state index contributed by atoms with van der Waals surface area (Å²) in [4.78, 5) is 12.6. The zero-order chi connectivity index (χ0) is 14.1. The van der Waals surface area contributed by atoms with Crippen molar-refractivity contribution >= 4 is 5.91 Å². The van der Waals surface area contributed by atoms with Crippen LogP contribution in [0.15, 0.2) is 0 Å². The molecule has 114 valence electrons. The second kappa shape index (κ2) is 5.64. The minimum absolute atomic E-state index is 0.0972. The Balaban J connectivity index is 1.60. The Morgan fingerprint density at radius 3 is 2.35 bits per heavy atom. The van der Waals surface area contributed by atoms with Crippen molar-refractivity contribution in [2.24, 2.45) is 11.3 Å². The first kappa shape index (κ1) is 14.3. The van der Waals surface area contributed by atoms with Gasteiger partial charge in [0, 0.05) is 5.92 Å². The summed E-state index contributed by atoms with van der Waals surface area (Å²) in [6, 6.07) is 0. The number of aliphatic hydroxyl groups excluding tert-OH is 1. The fourth-order valence-corrected chi connectivity index (χ4v) is 4.27. The molecule has 1 spiro atoms. The van der Waals surface area contributed by atoms with Crippen molar-refractivity contribution in [3.8, 4) is 0 Å². The van der Waals surface area contributed by atoms with Crippen molar-refractivity contribution in [1.29, 1.82) is 0 Å². The van der Waals surface area contributed by atoms with E-state index in [-0.39, 0.29) is 29.4 Å². The van der Waals surface area contributed by atoms with Crippen LogP contribution in [-0.4, -0.2) is 36.2 Å². The minimum Gasteiger partial charge on any atom is -0.394 e. The molecule has 3 fully saturated rings. The third-order valence-electron chi connectivity index (χ3n) is 5.86. The van der Waals surface area contributed by atoms with Gasteiger partial charge in [0.2, 0.25) is 5.91 Å². The molecule has 0 radical (unpaired) electrons. The Hall–Kier alpha value is -0.610. The number of nitrogens with one attached hydrogen (secondary N) is 2. The van der Waals surface area contributed by atoms with Crippen LogP contribution in [0.3, 0.4) is 0 Å². The lowest BCUT2D eigenvalue weighted by Crippen LogP contribution is -2.52. The monoisotopic (exact) mass is 280 g/mol. The molecule has 2 saturated carbocycles. The fourth-order valence-electron chi connectivity index (χ4n) is 4.27. The molecule has 20 heavy (non-hydrogen) atoms. The maximum Gasteiger partial charge on any atom is 0.224 e. The topological polar surface area (TPSA) is 61.4 Å². The lowest BCUT2D eigenvalue weighted by molar-refractivity contribution is -0.126. The molecular weight excluding hydrogens is 252 g/mol. The van der Waals surface area contributed by atoms with Gasteiger partial charge in [-0.15, -0.1) is 0 Å². The highest BCUT2D eigenvalue weighted by atomic mass is 16.3. The average molecular weight is 280 g/mol. The number of rotatable bonds is 3. The Labute approximate surface area is 121 Å². The molecule has 0 aromatic carbocycles.